The van der Waals surface area contributed by atoms with Crippen LogP contribution in [0.15, 0.2) is 52.1 Å². The van der Waals surface area contributed by atoms with E-state index in [-0.39, 0.29) is 29.8 Å². The van der Waals surface area contributed by atoms with E-state index in [4.69, 9.17) is 0 Å². The molecule has 0 saturated carbocycles. The number of sulfonamides is 1. The highest BCUT2D eigenvalue weighted by atomic mass is 32.2. The molecule has 1 aliphatic heterocycles. The Morgan fingerprint density at radius 2 is 1.88 bits per heavy atom. The quantitative estimate of drug-likeness (QED) is 0.880. The van der Waals surface area contributed by atoms with E-state index in [1.54, 1.807) is 11.4 Å². The fraction of sp³-hybridized carbons (Fsp3) is 0.312. The Bertz CT molecular complexity index is 791. The molecule has 0 bridgehead atoms. The van der Waals surface area contributed by atoms with Crippen LogP contribution in [0.5, 0.6) is 0 Å². The van der Waals surface area contributed by atoms with E-state index in [1.165, 1.54) is 11.0 Å². The van der Waals surface area contributed by atoms with Gasteiger partial charge in [-0.25, -0.2) is 8.42 Å². The molecule has 2 aromatic rings. The van der Waals surface area contributed by atoms with Crippen LogP contribution >= 0.6 is 11.3 Å². The number of β-amino-alcohol motifs (C(OH)–C–C–N with tert-alkyl or cyclic N) is 1. The highest BCUT2D eigenvalue weighted by molar-refractivity contribution is 7.91. The Morgan fingerprint density at radius 1 is 1.12 bits per heavy atom. The van der Waals surface area contributed by atoms with E-state index < -0.39 is 16.1 Å². The minimum atomic E-state index is -3.76. The molecule has 24 heavy (non-hydrogen) atoms. The Morgan fingerprint density at radius 3 is 2.54 bits per heavy atom. The number of amides is 1. The first kappa shape index (κ1) is 17.1. The van der Waals surface area contributed by atoms with Gasteiger partial charge in [-0.2, -0.15) is 4.31 Å². The minimum absolute atomic E-state index is 0.0860. The third kappa shape index (κ3) is 3.67. The Kier molecular flexibility index (Phi) is 5.00. The first-order valence-electron chi connectivity index (χ1n) is 7.50. The number of rotatable bonds is 4. The number of aliphatic hydroxyl groups excluding tert-OH is 1. The molecule has 1 aliphatic rings. The molecule has 8 heteroatoms. The Hall–Kier alpha value is -1.74. The van der Waals surface area contributed by atoms with Gasteiger partial charge >= 0.3 is 0 Å². The minimum Gasteiger partial charge on any atom is -0.390 e. The SMILES string of the molecule is O=C1CN(S(=O)(=O)c2cccs2)CC(O)CN1Cc1ccccc1. The molecule has 1 N–H and O–H groups in total. The molecule has 128 valence electrons. The fourth-order valence-corrected chi connectivity index (χ4v) is 5.21. The van der Waals surface area contributed by atoms with Crippen molar-refractivity contribution in [3.63, 3.8) is 0 Å². The maximum Gasteiger partial charge on any atom is 0.253 e. The maximum absolute atomic E-state index is 12.6. The maximum atomic E-state index is 12.6. The van der Waals surface area contributed by atoms with Crippen LogP contribution in [-0.4, -0.2) is 54.4 Å². The van der Waals surface area contributed by atoms with E-state index in [0.29, 0.717) is 6.54 Å². The van der Waals surface area contributed by atoms with Gasteiger partial charge in [-0.15, -0.1) is 11.3 Å². The summed E-state index contributed by atoms with van der Waals surface area (Å²) in [7, 11) is -3.76. The van der Waals surface area contributed by atoms with Crippen LogP contribution < -0.4 is 0 Å². The largest absolute Gasteiger partial charge is 0.390 e. The third-order valence-electron chi connectivity index (χ3n) is 3.82. The molecule has 1 aromatic heterocycles. The van der Waals surface area contributed by atoms with Crippen LogP contribution in [0.3, 0.4) is 0 Å². The average molecular weight is 366 g/mol. The second-order valence-electron chi connectivity index (χ2n) is 5.64. The summed E-state index contributed by atoms with van der Waals surface area (Å²) in [4.78, 5) is 14.0. The highest BCUT2D eigenvalue weighted by Gasteiger charge is 2.34. The summed E-state index contributed by atoms with van der Waals surface area (Å²) in [5.41, 5.74) is 0.938. The second-order valence-corrected chi connectivity index (χ2v) is 8.76. The van der Waals surface area contributed by atoms with Gasteiger partial charge in [0.15, 0.2) is 0 Å². The standard InChI is InChI=1S/C16H18N2O4S2/c19-14-10-17(9-13-5-2-1-3-6-13)15(20)12-18(11-14)24(21,22)16-7-4-8-23-16/h1-8,14,19H,9-12H2. The Balaban J connectivity index is 1.79. The van der Waals surface area contributed by atoms with Crippen molar-refractivity contribution in [2.24, 2.45) is 0 Å². The molecule has 6 nitrogen and oxygen atoms in total. The summed E-state index contributed by atoms with van der Waals surface area (Å²) >= 11 is 1.10. The predicted octanol–water partition coefficient (Wildman–Crippen LogP) is 1.14. The molecule has 1 unspecified atom stereocenters. The Labute approximate surface area is 145 Å². The third-order valence-corrected chi connectivity index (χ3v) is 7.00. The van der Waals surface area contributed by atoms with Crippen LogP contribution in [0.25, 0.3) is 0 Å². The van der Waals surface area contributed by atoms with Crippen molar-refractivity contribution < 1.29 is 18.3 Å². The van der Waals surface area contributed by atoms with Gasteiger partial charge in [0.05, 0.1) is 12.6 Å². The van der Waals surface area contributed by atoms with Gasteiger partial charge in [0.2, 0.25) is 5.91 Å². The van der Waals surface area contributed by atoms with Crippen LogP contribution in [-0.2, 0) is 21.4 Å². The fourth-order valence-electron chi connectivity index (χ4n) is 2.64. The zero-order valence-corrected chi connectivity index (χ0v) is 14.5. The first-order chi connectivity index (χ1) is 11.5. The molecule has 1 amide bonds. The zero-order valence-electron chi connectivity index (χ0n) is 12.9. The zero-order chi connectivity index (χ0) is 17.2. The number of hydrogen-bond acceptors (Lipinski definition) is 5. The number of thiophene rings is 1. The normalized spacial score (nSPS) is 20.1. The summed E-state index contributed by atoms with van der Waals surface area (Å²) in [6, 6.07) is 12.6. The van der Waals surface area contributed by atoms with Crippen molar-refractivity contribution in [2.75, 3.05) is 19.6 Å². The van der Waals surface area contributed by atoms with Crippen LogP contribution in [0.4, 0.5) is 0 Å². The van der Waals surface area contributed by atoms with Crippen molar-refractivity contribution in [1.29, 1.82) is 0 Å². The number of nitrogens with zero attached hydrogens (tertiary/aromatic N) is 2. The summed E-state index contributed by atoms with van der Waals surface area (Å²) in [6.45, 7) is 0.120. The average Bonchev–Trinajstić information content (AvgIpc) is 3.05. The molecule has 0 spiro atoms. The predicted molar refractivity (Wildman–Crippen MR) is 90.9 cm³/mol. The van der Waals surface area contributed by atoms with E-state index in [1.807, 2.05) is 30.3 Å². The number of carbonyl (C=O) groups is 1. The van der Waals surface area contributed by atoms with Gasteiger partial charge < -0.3 is 10.0 Å². The molecule has 1 saturated heterocycles. The summed E-state index contributed by atoms with van der Waals surface area (Å²) in [5.74, 6) is -0.310. The number of hydrogen-bond donors (Lipinski definition) is 1. The highest BCUT2D eigenvalue weighted by Crippen LogP contribution is 2.23. The van der Waals surface area contributed by atoms with Gasteiger partial charge in [-0.1, -0.05) is 36.4 Å². The molecular weight excluding hydrogens is 348 g/mol. The lowest BCUT2D eigenvalue weighted by Crippen LogP contribution is -2.39. The van der Waals surface area contributed by atoms with Crippen LogP contribution in [0.1, 0.15) is 5.56 Å². The summed E-state index contributed by atoms with van der Waals surface area (Å²) < 4.78 is 26.5. The number of benzene rings is 1. The molecular formula is C16H18N2O4S2. The second kappa shape index (κ2) is 7.02. The van der Waals surface area contributed by atoms with E-state index in [9.17, 15) is 18.3 Å². The van der Waals surface area contributed by atoms with Crippen molar-refractivity contribution in [3.05, 3.63) is 53.4 Å². The lowest BCUT2D eigenvalue weighted by molar-refractivity contribution is -0.131. The number of carbonyl (C=O) groups excluding carboxylic acids is 1. The van der Waals surface area contributed by atoms with Gasteiger partial charge in [0, 0.05) is 19.6 Å². The van der Waals surface area contributed by atoms with E-state index in [0.717, 1.165) is 21.2 Å². The lowest BCUT2D eigenvalue weighted by Gasteiger charge is -2.21. The molecule has 3 rings (SSSR count). The molecule has 1 aromatic carbocycles. The smallest absolute Gasteiger partial charge is 0.253 e. The molecule has 1 atom stereocenters. The monoisotopic (exact) mass is 366 g/mol. The lowest BCUT2D eigenvalue weighted by atomic mass is 10.2. The van der Waals surface area contributed by atoms with Crippen molar-refractivity contribution in [1.82, 2.24) is 9.21 Å². The van der Waals surface area contributed by atoms with Crippen molar-refractivity contribution in [2.45, 2.75) is 16.9 Å². The topological polar surface area (TPSA) is 77.9 Å². The van der Waals surface area contributed by atoms with Gasteiger partial charge in [0.25, 0.3) is 10.0 Å². The number of aliphatic hydroxyl groups is 1. The van der Waals surface area contributed by atoms with Gasteiger partial charge in [-0.05, 0) is 17.0 Å². The van der Waals surface area contributed by atoms with E-state index >= 15 is 0 Å². The van der Waals surface area contributed by atoms with Crippen molar-refractivity contribution >= 4 is 27.3 Å². The summed E-state index contributed by atoms with van der Waals surface area (Å²) in [6.07, 6.45) is -0.921. The van der Waals surface area contributed by atoms with Gasteiger partial charge in [-0.3, -0.25) is 4.79 Å². The molecule has 0 aliphatic carbocycles. The molecule has 1 fully saturated rings. The summed E-state index contributed by atoms with van der Waals surface area (Å²) in [5, 5.41) is 11.9. The van der Waals surface area contributed by atoms with Crippen LogP contribution in [0.2, 0.25) is 0 Å². The van der Waals surface area contributed by atoms with Crippen molar-refractivity contribution in [3.8, 4) is 0 Å². The molecule has 2 heterocycles. The first-order valence-corrected chi connectivity index (χ1v) is 9.82. The molecule has 0 radical (unpaired) electrons. The van der Waals surface area contributed by atoms with Crippen LogP contribution in [0, 0.1) is 0 Å². The van der Waals surface area contributed by atoms with Gasteiger partial charge in [0.1, 0.15) is 4.21 Å². The van der Waals surface area contributed by atoms with E-state index in [2.05, 4.69) is 0 Å².